The molecule has 4 rings (SSSR count). The molecule has 0 radical (unpaired) electrons. The molecule has 0 heterocycles. The highest BCUT2D eigenvalue weighted by atomic mass is 32.2. The summed E-state index contributed by atoms with van der Waals surface area (Å²) in [6.07, 6.45) is 14.0. The maximum Gasteiger partial charge on any atom is 0.100 e. The Bertz CT molecular complexity index is 910. The zero-order valence-corrected chi connectivity index (χ0v) is 23.4. The predicted molar refractivity (Wildman–Crippen MR) is 151 cm³/mol. The second kappa shape index (κ2) is 11.8. The van der Waals surface area contributed by atoms with Crippen LogP contribution in [-0.4, -0.2) is 31.6 Å². The Morgan fingerprint density at radius 1 is 0.794 bits per heavy atom. The highest BCUT2D eigenvalue weighted by Crippen LogP contribution is 2.56. The second-order valence-electron chi connectivity index (χ2n) is 11.3. The van der Waals surface area contributed by atoms with Gasteiger partial charge in [-0.25, -0.2) is 8.51 Å². The summed E-state index contributed by atoms with van der Waals surface area (Å²) >= 11 is 0. The molecular weight excluding hydrogens is 453 g/mol. The molecule has 0 spiro atoms. The van der Waals surface area contributed by atoms with Crippen LogP contribution in [0.4, 0.5) is 0 Å². The normalized spacial score (nSPS) is 20.5. The van der Waals surface area contributed by atoms with Gasteiger partial charge in [0, 0.05) is 7.05 Å². The van der Waals surface area contributed by atoms with E-state index in [-0.39, 0.29) is 18.7 Å². The van der Waals surface area contributed by atoms with Crippen LogP contribution in [-0.2, 0) is 11.0 Å². The van der Waals surface area contributed by atoms with Gasteiger partial charge in [-0.2, -0.15) is 0 Å². The third-order valence-corrected chi connectivity index (χ3v) is 13.1. The van der Waals surface area contributed by atoms with Gasteiger partial charge in [0.1, 0.15) is 11.0 Å². The van der Waals surface area contributed by atoms with Gasteiger partial charge in [-0.1, -0.05) is 101 Å². The fourth-order valence-corrected chi connectivity index (χ4v) is 11.4. The summed E-state index contributed by atoms with van der Waals surface area (Å²) in [5.74, 6) is 0. The van der Waals surface area contributed by atoms with Crippen molar-refractivity contribution in [3.05, 3.63) is 65.7 Å². The Morgan fingerprint density at radius 3 is 1.82 bits per heavy atom. The van der Waals surface area contributed by atoms with E-state index >= 15 is 0 Å². The zero-order chi connectivity index (χ0) is 24.1. The molecule has 0 bridgehead atoms. The van der Waals surface area contributed by atoms with E-state index in [1.54, 1.807) is 5.30 Å². The molecular formula is C30H44NOPS. The van der Waals surface area contributed by atoms with Crippen LogP contribution in [0.25, 0.3) is 0 Å². The number of rotatable bonds is 7. The fourth-order valence-electron chi connectivity index (χ4n) is 6.11. The molecule has 2 nitrogen and oxygen atoms in total. The molecule has 2 fully saturated rings. The minimum atomic E-state index is -1.10. The van der Waals surface area contributed by atoms with Gasteiger partial charge >= 0.3 is 0 Å². The van der Waals surface area contributed by atoms with Crippen LogP contribution >= 0.6 is 7.92 Å². The van der Waals surface area contributed by atoms with Crippen LogP contribution < -0.4 is 5.30 Å². The molecule has 186 valence electrons. The molecule has 2 aliphatic rings. The topological polar surface area (TPSA) is 20.3 Å². The van der Waals surface area contributed by atoms with Gasteiger partial charge < -0.3 is 0 Å². The lowest BCUT2D eigenvalue weighted by atomic mass is 9.98. The molecule has 4 heteroatoms. The minimum Gasteiger partial charge on any atom is -0.242 e. The molecule has 2 saturated carbocycles. The van der Waals surface area contributed by atoms with Crippen molar-refractivity contribution < 1.29 is 4.21 Å². The Labute approximate surface area is 212 Å². The molecule has 0 amide bonds. The predicted octanol–water partition coefficient (Wildman–Crippen LogP) is 7.94. The quantitative estimate of drug-likeness (QED) is 0.356. The van der Waals surface area contributed by atoms with E-state index in [2.05, 4.69) is 86.7 Å². The standard InChI is InChI=1S/C30H44NOPS/c1-30(2,3)34(32)31(4)29(24-16-8-5-9-17-24)27-22-14-15-23-28(27)33(25-18-10-6-11-19-25)26-20-12-7-13-21-26/h5,8-9,14-17,22-23,25-26,29H,6-7,10-13,18-21H2,1-4H3/t29-,34-/m0/s1. The molecule has 2 aromatic rings. The summed E-state index contributed by atoms with van der Waals surface area (Å²) in [6.45, 7) is 6.26. The number of hydrogen-bond acceptors (Lipinski definition) is 1. The summed E-state index contributed by atoms with van der Waals surface area (Å²) < 4.78 is 15.5. The first kappa shape index (κ1) is 26.1. The molecule has 0 aliphatic heterocycles. The number of hydrogen-bond donors (Lipinski definition) is 0. The Kier molecular flexibility index (Phi) is 9.05. The van der Waals surface area contributed by atoms with Gasteiger partial charge in [-0.15, -0.1) is 0 Å². The molecule has 0 unspecified atom stereocenters. The van der Waals surface area contributed by atoms with Gasteiger partial charge in [-0.05, 0) is 74.2 Å². The van der Waals surface area contributed by atoms with E-state index < -0.39 is 11.0 Å². The maximum absolute atomic E-state index is 13.7. The third-order valence-electron chi connectivity index (χ3n) is 7.71. The van der Waals surface area contributed by atoms with Crippen molar-refractivity contribution in [3.63, 3.8) is 0 Å². The molecule has 0 N–H and O–H groups in total. The highest BCUT2D eigenvalue weighted by Gasteiger charge is 2.37. The first-order valence-corrected chi connectivity index (χ1v) is 16.0. The van der Waals surface area contributed by atoms with E-state index in [4.69, 9.17) is 0 Å². The lowest BCUT2D eigenvalue weighted by Gasteiger charge is -2.41. The van der Waals surface area contributed by atoms with Crippen LogP contribution in [0.2, 0.25) is 0 Å². The molecule has 2 aliphatic carbocycles. The van der Waals surface area contributed by atoms with E-state index in [0.717, 1.165) is 11.3 Å². The SMILES string of the molecule is CN([C@@H](c1ccccc1)c1ccccc1P(C1CCCCC1)C1CCCCC1)[S@@](=O)C(C)(C)C. The van der Waals surface area contributed by atoms with Crippen molar-refractivity contribution in [1.82, 2.24) is 4.31 Å². The summed E-state index contributed by atoms with van der Waals surface area (Å²) in [4.78, 5) is 0. The first-order valence-electron chi connectivity index (χ1n) is 13.4. The van der Waals surface area contributed by atoms with Crippen molar-refractivity contribution in [1.29, 1.82) is 0 Å². The second-order valence-corrected chi connectivity index (χ2v) is 16.3. The largest absolute Gasteiger partial charge is 0.242 e. The minimum absolute atomic E-state index is 0.00893. The first-order chi connectivity index (χ1) is 16.4. The lowest BCUT2D eigenvalue weighted by Crippen LogP contribution is -2.39. The van der Waals surface area contributed by atoms with Gasteiger partial charge in [0.2, 0.25) is 0 Å². The smallest absolute Gasteiger partial charge is 0.100 e. The van der Waals surface area contributed by atoms with Crippen molar-refractivity contribution in [2.45, 2.75) is 107 Å². The van der Waals surface area contributed by atoms with Crippen molar-refractivity contribution in [2.24, 2.45) is 0 Å². The molecule has 2 aromatic carbocycles. The zero-order valence-electron chi connectivity index (χ0n) is 21.7. The Morgan fingerprint density at radius 2 is 1.29 bits per heavy atom. The molecule has 0 aromatic heterocycles. The highest BCUT2D eigenvalue weighted by molar-refractivity contribution is 7.84. The number of nitrogens with zero attached hydrogens (tertiary/aromatic N) is 1. The van der Waals surface area contributed by atoms with Gasteiger partial charge in [0.05, 0.1) is 10.8 Å². The lowest BCUT2D eigenvalue weighted by molar-refractivity contribution is 0.441. The monoisotopic (exact) mass is 497 g/mol. The van der Waals surface area contributed by atoms with Crippen molar-refractivity contribution >= 4 is 24.2 Å². The Hall–Kier alpha value is -1.02. The summed E-state index contributed by atoms with van der Waals surface area (Å²) in [5.41, 5.74) is 4.35. The van der Waals surface area contributed by atoms with Crippen molar-refractivity contribution in [2.75, 3.05) is 7.05 Å². The summed E-state index contributed by atoms with van der Waals surface area (Å²) in [5, 5.41) is 1.60. The van der Waals surface area contributed by atoms with Crippen LogP contribution in [0.15, 0.2) is 54.6 Å². The maximum atomic E-state index is 13.7. The van der Waals surface area contributed by atoms with Crippen LogP contribution in [0.5, 0.6) is 0 Å². The number of benzene rings is 2. The molecule has 0 saturated heterocycles. The van der Waals surface area contributed by atoms with E-state index in [9.17, 15) is 4.21 Å². The molecule has 2 atom stereocenters. The van der Waals surface area contributed by atoms with Crippen LogP contribution in [0.3, 0.4) is 0 Å². The summed E-state index contributed by atoms with van der Waals surface area (Å²) in [7, 11) is 0.732. The van der Waals surface area contributed by atoms with Gasteiger partial charge in [0.15, 0.2) is 0 Å². The average Bonchev–Trinajstić information content (AvgIpc) is 2.86. The average molecular weight is 498 g/mol. The Balaban J connectivity index is 1.82. The van der Waals surface area contributed by atoms with Gasteiger partial charge in [-0.3, -0.25) is 0 Å². The summed E-state index contributed by atoms with van der Waals surface area (Å²) in [6, 6.07) is 20.1. The van der Waals surface area contributed by atoms with Crippen molar-refractivity contribution in [3.8, 4) is 0 Å². The fraction of sp³-hybridized carbons (Fsp3) is 0.600. The van der Waals surface area contributed by atoms with Crippen LogP contribution in [0, 0.1) is 0 Å². The van der Waals surface area contributed by atoms with E-state index in [1.807, 2.05) is 0 Å². The third kappa shape index (κ3) is 6.03. The van der Waals surface area contributed by atoms with Crippen LogP contribution in [0.1, 0.15) is 102 Å². The molecule has 34 heavy (non-hydrogen) atoms. The van der Waals surface area contributed by atoms with E-state index in [0.29, 0.717) is 0 Å². The van der Waals surface area contributed by atoms with Gasteiger partial charge in [0.25, 0.3) is 0 Å². The van der Waals surface area contributed by atoms with E-state index in [1.165, 1.54) is 75.3 Å².